The highest BCUT2D eigenvalue weighted by Crippen LogP contribution is 2.31. The van der Waals surface area contributed by atoms with E-state index >= 15 is 0 Å². The molecule has 0 saturated heterocycles. The normalized spacial score (nSPS) is 19.4. The third kappa shape index (κ3) is 2.56. The van der Waals surface area contributed by atoms with Crippen LogP contribution in [0.4, 0.5) is 0 Å². The van der Waals surface area contributed by atoms with Crippen LogP contribution in [0.25, 0.3) is 0 Å². The van der Waals surface area contributed by atoms with E-state index in [1.807, 2.05) is 42.2 Å². The van der Waals surface area contributed by atoms with E-state index in [2.05, 4.69) is 6.92 Å². The molecule has 0 spiro atoms. The molecule has 0 radical (unpaired) electrons. The maximum Gasteiger partial charge on any atom is 0.252 e. The molecule has 0 saturated carbocycles. The summed E-state index contributed by atoms with van der Waals surface area (Å²) in [5, 5.41) is 0. The SMILES string of the molecule is CCC1=C(CC)C(OC)N(Cc2ccccc2)C1=O. The van der Waals surface area contributed by atoms with Crippen molar-refractivity contribution in [3.8, 4) is 0 Å². The second-order valence-corrected chi connectivity index (χ2v) is 4.72. The number of ether oxygens (including phenoxy) is 1. The highest BCUT2D eigenvalue weighted by Gasteiger charge is 2.37. The van der Waals surface area contributed by atoms with Gasteiger partial charge in [0.2, 0.25) is 0 Å². The zero-order valence-electron chi connectivity index (χ0n) is 11.8. The molecule has 1 unspecified atom stereocenters. The van der Waals surface area contributed by atoms with Crippen molar-refractivity contribution in [2.75, 3.05) is 7.11 Å². The molecule has 0 fully saturated rings. The second kappa shape index (κ2) is 6.02. The summed E-state index contributed by atoms with van der Waals surface area (Å²) < 4.78 is 5.55. The topological polar surface area (TPSA) is 29.5 Å². The minimum Gasteiger partial charge on any atom is -0.357 e. The maximum absolute atomic E-state index is 12.5. The average molecular weight is 259 g/mol. The Labute approximate surface area is 114 Å². The van der Waals surface area contributed by atoms with Gasteiger partial charge >= 0.3 is 0 Å². The number of rotatable bonds is 5. The lowest BCUT2D eigenvalue weighted by molar-refractivity contribution is -0.134. The molecule has 3 nitrogen and oxygen atoms in total. The maximum atomic E-state index is 12.5. The number of carbonyl (C=O) groups excluding carboxylic acids is 1. The first-order valence-corrected chi connectivity index (χ1v) is 6.82. The van der Waals surface area contributed by atoms with Crippen molar-refractivity contribution in [3.63, 3.8) is 0 Å². The summed E-state index contributed by atoms with van der Waals surface area (Å²) in [4.78, 5) is 14.3. The predicted octanol–water partition coefficient (Wildman–Crippen LogP) is 3.12. The van der Waals surface area contributed by atoms with Crippen LogP contribution in [0.1, 0.15) is 32.3 Å². The molecule has 1 aliphatic rings. The van der Waals surface area contributed by atoms with Crippen LogP contribution in [0.5, 0.6) is 0 Å². The Morgan fingerprint density at radius 2 is 1.84 bits per heavy atom. The van der Waals surface area contributed by atoms with Crippen LogP contribution in [0.2, 0.25) is 0 Å². The van der Waals surface area contributed by atoms with Gasteiger partial charge in [0, 0.05) is 19.2 Å². The standard InChI is InChI=1S/C16H21NO2/c1-4-13-14(5-2)16(19-3)17(15(13)18)11-12-9-7-6-8-10-12/h6-10,16H,4-5,11H2,1-3H3. The quantitative estimate of drug-likeness (QED) is 0.813. The van der Waals surface area contributed by atoms with Gasteiger partial charge < -0.3 is 9.64 Å². The minimum absolute atomic E-state index is 0.120. The third-order valence-corrected chi connectivity index (χ3v) is 3.64. The van der Waals surface area contributed by atoms with Crippen LogP contribution in [-0.2, 0) is 16.1 Å². The molecule has 2 rings (SSSR count). The highest BCUT2D eigenvalue weighted by atomic mass is 16.5. The summed E-state index contributed by atoms with van der Waals surface area (Å²) in [5.74, 6) is 0.120. The summed E-state index contributed by atoms with van der Waals surface area (Å²) in [7, 11) is 1.67. The third-order valence-electron chi connectivity index (χ3n) is 3.64. The molecular formula is C16H21NO2. The number of carbonyl (C=O) groups is 1. The minimum atomic E-state index is -0.201. The van der Waals surface area contributed by atoms with Crippen molar-refractivity contribution in [3.05, 3.63) is 47.0 Å². The summed E-state index contributed by atoms with van der Waals surface area (Å²) >= 11 is 0. The van der Waals surface area contributed by atoms with Gasteiger partial charge in [0.25, 0.3) is 5.91 Å². The first-order valence-electron chi connectivity index (χ1n) is 6.82. The Kier molecular flexibility index (Phi) is 4.38. The number of hydrogen-bond acceptors (Lipinski definition) is 2. The Morgan fingerprint density at radius 3 is 2.37 bits per heavy atom. The fraction of sp³-hybridized carbons (Fsp3) is 0.438. The lowest BCUT2D eigenvalue weighted by atomic mass is 10.1. The Bertz CT molecular complexity index is 479. The van der Waals surface area contributed by atoms with Gasteiger partial charge in [0.15, 0.2) is 6.23 Å². The lowest BCUT2D eigenvalue weighted by Crippen LogP contribution is -2.36. The summed E-state index contributed by atoms with van der Waals surface area (Å²) in [6.07, 6.45) is 1.43. The number of methoxy groups -OCH3 is 1. The van der Waals surface area contributed by atoms with E-state index in [4.69, 9.17) is 4.74 Å². The summed E-state index contributed by atoms with van der Waals surface area (Å²) in [5.41, 5.74) is 3.18. The van der Waals surface area contributed by atoms with Crippen LogP contribution >= 0.6 is 0 Å². The van der Waals surface area contributed by atoms with Gasteiger partial charge in [0.1, 0.15) is 0 Å². The van der Waals surface area contributed by atoms with E-state index in [-0.39, 0.29) is 12.1 Å². The zero-order chi connectivity index (χ0) is 13.8. The van der Waals surface area contributed by atoms with Gasteiger partial charge in [-0.3, -0.25) is 4.79 Å². The molecule has 1 atom stereocenters. The molecular weight excluding hydrogens is 238 g/mol. The van der Waals surface area contributed by atoms with Crippen LogP contribution in [0.15, 0.2) is 41.5 Å². The molecule has 19 heavy (non-hydrogen) atoms. The van der Waals surface area contributed by atoms with E-state index in [0.29, 0.717) is 6.54 Å². The molecule has 1 aliphatic heterocycles. The number of benzene rings is 1. The summed E-state index contributed by atoms with van der Waals surface area (Å²) in [6, 6.07) is 10.0. The van der Waals surface area contributed by atoms with Crippen molar-refractivity contribution in [1.29, 1.82) is 0 Å². The predicted molar refractivity (Wildman–Crippen MR) is 75.4 cm³/mol. The van der Waals surface area contributed by atoms with E-state index in [1.165, 1.54) is 0 Å². The molecule has 0 N–H and O–H groups in total. The Hall–Kier alpha value is -1.61. The smallest absolute Gasteiger partial charge is 0.252 e. The van der Waals surface area contributed by atoms with Crippen LogP contribution < -0.4 is 0 Å². The van der Waals surface area contributed by atoms with Gasteiger partial charge in [-0.1, -0.05) is 44.2 Å². The van der Waals surface area contributed by atoms with Gasteiger partial charge in [-0.15, -0.1) is 0 Å². The fourth-order valence-electron chi connectivity index (χ4n) is 2.72. The Balaban J connectivity index is 2.25. The van der Waals surface area contributed by atoms with Crippen molar-refractivity contribution >= 4 is 5.91 Å². The molecule has 0 bridgehead atoms. The second-order valence-electron chi connectivity index (χ2n) is 4.72. The monoisotopic (exact) mass is 259 g/mol. The van der Waals surface area contributed by atoms with Crippen LogP contribution in [0.3, 0.4) is 0 Å². The molecule has 1 heterocycles. The number of nitrogens with zero attached hydrogens (tertiary/aromatic N) is 1. The van der Waals surface area contributed by atoms with Crippen LogP contribution in [-0.4, -0.2) is 24.1 Å². The number of amides is 1. The van der Waals surface area contributed by atoms with Gasteiger partial charge in [-0.05, 0) is 24.0 Å². The van der Waals surface area contributed by atoms with E-state index < -0.39 is 0 Å². The molecule has 3 heteroatoms. The number of hydrogen-bond donors (Lipinski definition) is 0. The average Bonchev–Trinajstić information content (AvgIpc) is 2.71. The van der Waals surface area contributed by atoms with Crippen LogP contribution in [0, 0.1) is 0 Å². The van der Waals surface area contributed by atoms with Crippen molar-refractivity contribution < 1.29 is 9.53 Å². The summed E-state index contributed by atoms with van der Waals surface area (Å²) in [6.45, 7) is 4.71. The molecule has 0 aliphatic carbocycles. The first kappa shape index (κ1) is 13.8. The van der Waals surface area contributed by atoms with E-state index in [9.17, 15) is 4.79 Å². The van der Waals surface area contributed by atoms with Gasteiger partial charge in [-0.25, -0.2) is 0 Å². The van der Waals surface area contributed by atoms with E-state index in [0.717, 1.165) is 29.6 Å². The highest BCUT2D eigenvalue weighted by molar-refractivity contribution is 5.97. The molecule has 1 amide bonds. The lowest BCUT2D eigenvalue weighted by Gasteiger charge is -2.25. The van der Waals surface area contributed by atoms with Gasteiger partial charge in [-0.2, -0.15) is 0 Å². The molecule has 1 aromatic carbocycles. The fourth-order valence-corrected chi connectivity index (χ4v) is 2.72. The first-order chi connectivity index (χ1) is 9.22. The van der Waals surface area contributed by atoms with Gasteiger partial charge in [0.05, 0.1) is 0 Å². The molecule has 1 aromatic rings. The van der Waals surface area contributed by atoms with E-state index in [1.54, 1.807) is 7.11 Å². The molecule has 0 aromatic heterocycles. The Morgan fingerprint density at radius 1 is 1.16 bits per heavy atom. The largest absolute Gasteiger partial charge is 0.357 e. The molecule has 102 valence electrons. The van der Waals surface area contributed by atoms with Crippen molar-refractivity contribution in [1.82, 2.24) is 4.90 Å². The van der Waals surface area contributed by atoms with Crippen molar-refractivity contribution in [2.45, 2.75) is 39.5 Å². The van der Waals surface area contributed by atoms with Crippen molar-refractivity contribution in [2.24, 2.45) is 0 Å². The zero-order valence-corrected chi connectivity index (χ0v) is 11.8.